The van der Waals surface area contributed by atoms with Crippen molar-refractivity contribution >= 4 is 11.6 Å². The number of nitrogens with one attached hydrogen (secondary N) is 1. The van der Waals surface area contributed by atoms with Gasteiger partial charge in [-0.05, 0) is 36.6 Å². The van der Waals surface area contributed by atoms with E-state index in [2.05, 4.69) is 35.3 Å². The van der Waals surface area contributed by atoms with Crippen molar-refractivity contribution in [3.05, 3.63) is 40.8 Å². The van der Waals surface area contributed by atoms with E-state index in [0.29, 0.717) is 10.9 Å². The van der Waals surface area contributed by atoms with Gasteiger partial charge in [0.05, 0.1) is 17.4 Å². The number of aromatic nitrogens is 3. The van der Waals surface area contributed by atoms with Crippen molar-refractivity contribution in [3.63, 3.8) is 0 Å². The molecule has 0 saturated heterocycles. The van der Waals surface area contributed by atoms with Crippen LogP contribution >= 0.6 is 11.6 Å². The summed E-state index contributed by atoms with van der Waals surface area (Å²) in [5, 5.41) is 8.19. The molecular formula is C14H19ClN4. The highest BCUT2D eigenvalue weighted by atomic mass is 35.5. The Hall–Kier alpha value is -1.39. The van der Waals surface area contributed by atoms with Gasteiger partial charge in [-0.3, -0.25) is 0 Å². The maximum atomic E-state index is 5.87. The number of rotatable bonds is 5. The highest BCUT2D eigenvalue weighted by molar-refractivity contribution is 6.30. The molecule has 2 rings (SSSR count). The molecule has 1 N–H and O–H groups in total. The molecule has 5 heteroatoms. The van der Waals surface area contributed by atoms with Crippen LogP contribution in [-0.2, 0) is 6.54 Å². The van der Waals surface area contributed by atoms with Gasteiger partial charge in [-0.2, -0.15) is 5.10 Å². The number of hydrogen-bond acceptors (Lipinski definition) is 3. The molecule has 2 heterocycles. The Labute approximate surface area is 118 Å². The lowest BCUT2D eigenvalue weighted by atomic mass is 10.2. The van der Waals surface area contributed by atoms with Crippen molar-refractivity contribution < 1.29 is 0 Å². The van der Waals surface area contributed by atoms with Crippen molar-refractivity contribution in [2.75, 3.05) is 6.54 Å². The van der Waals surface area contributed by atoms with Crippen molar-refractivity contribution in [1.29, 1.82) is 0 Å². The van der Waals surface area contributed by atoms with Gasteiger partial charge in [0.25, 0.3) is 0 Å². The fourth-order valence-corrected chi connectivity index (χ4v) is 2.02. The third-order valence-corrected chi connectivity index (χ3v) is 2.95. The van der Waals surface area contributed by atoms with E-state index in [1.54, 1.807) is 17.1 Å². The number of aryl methyl sites for hydroxylation is 1. The van der Waals surface area contributed by atoms with Crippen LogP contribution in [0, 0.1) is 12.8 Å². The molecule has 0 saturated carbocycles. The molecule has 0 bridgehead atoms. The highest BCUT2D eigenvalue weighted by Crippen LogP contribution is 2.14. The second-order valence-electron chi connectivity index (χ2n) is 5.11. The van der Waals surface area contributed by atoms with Gasteiger partial charge in [-0.25, -0.2) is 9.67 Å². The Morgan fingerprint density at radius 3 is 2.74 bits per heavy atom. The molecule has 2 aromatic rings. The lowest BCUT2D eigenvalue weighted by Crippen LogP contribution is -2.19. The van der Waals surface area contributed by atoms with Crippen LogP contribution in [0.3, 0.4) is 0 Å². The van der Waals surface area contributed by atoms with Gasteiger partial charge in [-0.1, -0.05) is 25.4 Å². The smallest absolute Gasteiger partial charge is 0.156 e. The van der Waals surface area contributed by atoms with E-state index < -0.39 is 0 Å². The van der Waals surface area contributed by atoms with Gasteiger partial charge in [0.2, 0.25) is 0 Å². The van der Waals surface area contributed by atoms with E-state index in [4.69, 9.17) is 11.6 Å². The fraction of sp³-hybridized carbons (Fsp3) is 0.429. The van der Waals surface area contributed by atoms with Crippen molar-refractivity contribution in [2.45, 2.75) is 27.3 Å². The molecule has 0 aliphatic rings. The molecule has 0 atom stereocenters. The van der Waals surface area contributed by atoms with Crippen LogP contribution in [0.25, 0.3) is 5.82 Å². The summed E-state index contributed by atoms with van der Waals surface area (Å²) < 4.78 is 1.70. The van der Waals surface area contributed by atoms with Crippen LogP contribution in [0.15, 0.2) is 24.7 Å². The third-order valence-electron chi connectivity index (χ3n) is 2.76. The lowest BCUT2D eigenvalue weighted by molar-refractivity contribution is 0.551. The molecule has 0 radical (unpaired) electrons. The van der Waals surface area contributed by atoms with Gasteiger partial charge in [0, 0.05) is 12.7 Å². The Morgan fingerprint density at radius 1 is 1.37 bits per heavy atom. The van der Waals surface area contributed by atoms with E-state index >= 15 is 0 Å². The minimum atomic E-state index is 0.615. The Morgan fingerprint density at radius 2 is 2.16 bits per heavy atom. The molecule has 19 heavy (non-hydrogen) atoms. The predicted octanol–water partition coefficient (Wildman–Crippen LogP) is 2.97. The summed E-state index contributed by atoms with van der Waals surface area (Å²) in [7, 11) is 0. The van der Waals surface area contributed by atoms with Crippen LogP contribution < -0.4 is 5.32 Å². The summed E-state index contributed by atoms with van der Waals surface area (Å²) in [6.07, 6.45) is 5.25. The number of halogens is 1. The summed E-state index contributed by atoms with van der Waals surface area (Å²) in [6, 6.07) is 2.13. The third kappa shape index (κ3) is 3.78. The zero-order valence-corrected chi connectivity index (χ0v) is 12.3. The van der Waals surface area contributed by atoms with Crippen LogP contribution in [0.5, 0.6) is 0 Å². The zero-order valence-electron chi connectivity index (χ0n) is 11.5. The van der Waals surface area contributed by atoms with E-state index in [1.165, 1.54) is 5.56 Å². The first kappa shape index (κ1) is 14.0. The summed E-state index contributed by atoms with van der Waals surface area (Å²) in [5.41, 5.74) is 2.27. The minimum absolute atomic E-state index is 0.615. The molecule has 0 spiro atoms. The molecule has 2 aromatic heterocycles. The van der Waals surface area contributed by atoms with Gasteiger partial charge >= 0.3 is 0 Å². The molecule has 0 unspecified atom stereocenters. The standard InChI is InChI=1S/C14H19ClN4/c1-10(2)5-16-6-12-4-11(3)14(17-7-12)19-9-13(15)8-18-19/h4,7-10,16H,5-6H2,1-3H3. The molecule has 4 nitrogen and oxygen atoms in total. The maximum absolute atomic E-state index is 5.87. The van der Waals surface area contributed by atoms with Crippen molar-refractivity contribution in [1.82, 2.24) is 20.1 Å². The second-order valence-corrected chi connectivity index (χ2v) is 5.55. The zero-order chi connectivity index (χ0) is 13.8. The van der Waals surface area contributed by atoms with Crippen LogP contribution in [-0.4, -0.2) is 21.3 Å². The highest BCUT2D eigenvalue weighted by Gasteiger charge is 2.06. The second kappa shape index (κ2) is 6.17. The summed E-state index contributed by atoms with van der Waals surface area (Å²) in [4.78, 5) is 4.46. The topological polar surface area (TPSA) is 42.7 Å². The normalized spacial score (nSPS) is 11.2. The quantitative estimate of drug-likeness (QED) is 0.914. The summed E-state index contributed by atoms with van der Waals surface area (Å²) in [5.74, 6) is 1.47. The van der Waals surface area contributed by atoms with Crippen molar-refractivity contribution in [3.8, 4) is 5.82 Å². The number of nitrogens with zero attached hydrogens (tertiary/aromatic N) is 3. The van der Waals surface area contributed by atoms with Gasteiger partial charge < -0.3 is 5.32 Å². The van der Waals surface area contributed by atoms with Gasteiger partial charge in [-0.15, -0.1) is 0 Å². The average Bonchev–Trinajstić information content (AvgIpc) is 2.75. The van der Waals surface area contributed by atoms with Crippen molar-refractivity contribution in [2.24, 2.45) is 5.92 Å². The van der Waals surface area contributed by atoms with Crippen LogP contribution in [0.4, 0.5) is 0 Å². The van der Waals surface area contributed by atoms with Crippen LogP contribution in [0.1, 0.15) is 25.0 Å². The van der Waals surface area contributed by atoms with Crippen LogP contribution in [0.2, 0.25) is 5.02 Å². The fourth-order valence-electron chi connectivity index (χ4n) is 1.88. The first-order valence-electron chi connectivity index (χ1n) is 6.43. The SMILES string of the molecule is Cc1cc(CNCC(C)C)cnc1-n1cc(Cl)cn1. The van der Waals surface area contributed by atoms with E-state index in [0.717, 1.165) is 24.5 Å². The molecular weight excluding hydrogens is 260 g/mol. The van der Waals surface area contributed by atoms with E-state index in [-0.39, 0.29) is 0 Å². The Bertz CT molecular complexity index is 548. The van der Waals surface area contributed by atoms with Gasteiger partial charge in [0.1, 0.15) is 0 Å². The average molecular weight is 279 g/mol. The molecule has 0 aliphatic heterocycles. The molecule has 102 valence electrons. The molecule has 0 fully saturated rings. The largest absolute Gasteiger partial charge is 0.312 e. The number of pyridine rings is 1. The predicted molar refractivity (Wildman–Crippen MR) is 77.7 cm³/mol. The summed E-state index contributed by atoms with van der Waals surface area (Å²) in [6.45, 7) is 8.27. The maximum Gasteiger partial charge on any atom is 0.156 e. The molecule has 0 aliphatic carbocycles. The Kier molecular flexibility index (Phi) is 4.56. The first-order valence-corrected chi connectivity index (χ1v) is 6.81. The Balaban J connectivity index is 2.09. The lowest BCUT2D eigenvalue weighted by Gasteiger charge is -2.10. The van der Waals surface area contributed by atoms with E-state index in [9.17, 15) is 0 Å². The minimum Gasteiger partial charge on any atom is -0.312 e. The number of hydrogen-bond donors (Lipinski definition) is 1. The van der Waals surface area contributed by atoms with E-state index in [1.807, 2.05) is 13.1 Å². The van der Waals surface area contributed by atoms with Gasteiger partial charge in [0.15, 0.2) is 5.82 Å². The molecule has 0 amide bonds. The first-order chi connectivity index (χ1) is 9.06. The molecule has 0 aromatic carbocycles. The summed E-state index contributed by atoms with van der Waals surface area (Å²) >= 11 is 5.87. The monoisotopic (exact) mass is 278 g/mol.